The van der Waals surface area contributed by atoms with Crippen LogP contribution in [-0.4, -0.2) is 31.8 Å². The first-order valence-electron chi connectivity index (χ1n) is 7.82. The Kier molecular flexibility index (Phi) is 4.50. The van der Waals surface area contributed by atoms with E-state index < -0.39 is 10.0 Å². The first-order valence-corrected chi connectivity index (χ1v) is 9.26. The van der Waals surface area contributed by atoms with Gasteiger partial charge in [-0.2, -0.15) is 0 Å². The summed E-state index contributed by atoms with van der Waals surface area (Å²) in [5.74, 6) is 0.626. The van der Waals surface area contributed by atoms with Crippen LogP contribution in [0.2, 0.25) is 0 Å². The van der Waals surface area contributed by atoms with Crippen molar-refractivity contribution in [2.75, 3.05) is 18.0 Å². The van der Waals surface area contributed by atoms with Gasteiger partial charge in [0.2, 0.25) is 5.56 Å². The van der Waals surface area contributed by atoms with Crippen LogP contribution in [0.3, 0.4) is 0 Å². The lowest BCUT2D eigenvalue weighted by Gasteiger charge is -2.20. The summed E-state index contributed by atoms with van der Waals surface area (Å²) in [5, 5.41) is 0.653. The molecular weight excluding hydrogens is 340 g/mol. The van der Waals surface area contributed by atoms with Gasteiger partial charge in [-0.25, -0.2) is 8.42 Å². The molecule has 130 valence electrons. The molecule has 0 aliphatic heterocycles. The number of hydrogen-bond acceptors (Lipinski definition) is 3. The number of H-pyrrole nitrogens is 1. The summed E-state index contributed by atoms with van der Waals surface area (Å²) in [6.07, 6.45) is 0. The van der Waals surface area contributed by atoms with Crippen molar-refractivity contribution in [2.45, 2.75) is 11.8 Å². The molecule has 0 aliphatic rings. The molecule has 0 spiro atoms. The van der Waals surface area contributed by atoms with E-state index in [0.717, 1.165) is 0 Å². The number of pyridine rings is 1. The van der Waals surface area contributed by atoms with Crippen molar-refractivity contribution >= 4 is 26.6 Å². The molecule has 0 atom stereocenters. The summed E-state index contributed by atoms with van der Waals surface area (Å²) in [7, 11) is -2.24. The zero-order chi connectivity index (χ0) is 18.0. The van der Waals surface area contributed by atoms with Crippen LogP contribution in [0.25, 0.3) is 10.9 Å². The van der Waals surface area contributed by atoms with Crippen molar-refractivity contribution in [2.24, 2.45) is 0 Å². The van der Waals surface area contributed by atoms with Gasteiger partial charge in [-0.05, 0) is 35.7 Å². The molecule has 2 aromatic carbocycles. The third-order valence-electron chi connectivity index (χ3n) is 3.90. The number of anilines is 1. The number of ether oxygens (including phenoxy) is 1. The molecule has 0 saturated heterocycles. The first kappa shape index (κ1) is 17.0. The van der Waals surface area contributed by atoms with Gasteiger partial charge in [-0.3, -0.25) is 9.10 Å². The number of para-hydroxylation sites is 2. The third-order valence-corrected chi connectivity index (χ3v) is 5.67. The molecule has 0 unspecified atom stereocenters. The highest BCUT2D eigenvalue weighted by molar-refractivity contribution is 7.92. The summed E-state index contributed by atoms with van der Waals surface area (Å²) < 4.78 is 31.6. The Labute approximate surface area is 145 Å². The zero-order valence-electron chi connectivity index (χ0n) is 13.9. The van der Waals surface area contributed by atoms with Gasteiger partial charge in [0.15, 0.2) is 6.61 Å². The first-order chi connectivity index (χ1) is 11.9. The van der Waals surface area contributed by atoms with E-state index in [9.17, 15) is 13.2 Å². The Balaban J connectivity index is 2.07. The van der Waals surface area contributed by atoms with E-state index in [1.54, 1.807) is 36.4 Å². The Bertz CT molecular complexity index is 1070. The molecule has 3 rings (SSSR count). The number of fused-ring (bicyclic) bond motifs is 1. The Hall–Kier alpha value is -2.80. The number of nitrogens with one attached hydrogen (secondary N) is 1. The second-order valence-electron chi connectivity index (χ2n) is 5.51. The molecule has 3 aromatic rings. The predicted octanol–water partition coefficient (Wildman–Crippen LogP) is 2.61. The van der Waals surface area contributed by atoms with Crippen LogP contribution in [0.15, 0.2) is 64.3 Å². The van der Waals surface area contributed by atoms with E-state index in [-0.39, 0.29) is 10.5 Å². The lowest BCUT2D eigenvalue weighted by Crippen LogP contribution is -2.27. The van der Waals surface area contributed by atoms with Crippen LogP contribution < -0.4 is 9.86 Å². The molecule has 0 saturated carbocycles. The van der Waals surface area contributed by atoms with E-state index in [1.807, 2.05) is 13.0 Å². The minimum atomic E-state index is -3.75. The van der Waals surface area contributed by atoms with Crippen molar-refractivity contribution in [3.8, 4) is 5.75 Å². The summed E-state index contributed by atoms with van der Waals surface area (Å²) in [6.45, 7) is 2.46. The molecule has 0 aliphatic carbocycles. The lowest BCUT2D eigenvalue weighted by atomic mass is 10.2. The standard InChI is InChI=1S/C18H18N2O4S/c1-3-24-17-7-5-4-6-16(17)20(2)25(22,23)14-9-10-15-13(12-14)8-11-18(21)19-15/h4-12H,3H2,1-2H3,(H,19,21)/p+1. The number of nitrogens with zero attached hydrogens (tertiary/aromatic N) is 1. The molecule has 6 nitrogen and oxygen atoms in total. The quantitative estimate of drug-likeness (QED) is 0.711. The minimum Gasteiger partial charge on any atom is -0.581 e. The van der Waals surface area contributed by atoms with Gasteiger partial charge in [-0.15, -0.1) is 0 Å². The number of aliphatic hydroxyl groups is 1. The topological polar surface area (TPSA) is 83.0 Å². The third kappa shape index (κ3) is 3.23. The second kappa shape index (κ2) is 6.60. The van der Waals surface area contributed by atoms with Crippen molar-refractivity contribution < 1.29 is 13.2 Å². The van der Waals surface area contributed by atoms with Gasteiger partial charge >= 0.3 is 0 Å². The number of aromatic nitrogens is 1. The van der Waals surface area contributed by atoms with Crippen LogP contribution in [0.4, 0.5) is 5.69 Å². The number of benzene rings is 2. The molecule has 0 amide bonds. The summed E-state index contributed by atoms with van der Waals surface area (Å²) in [5.41, 5.74) is 0.886. The number of rotatable bonds is 5. The molecule has 2 N–H and O–H groups in total. The summed E-state index contributed by atoms with van der Waals surface area (Å²) in [4.78, 5) is 14.2. The Morgan fingerprint density at radius 1 is 1.08 bits per heavy atom. The number of hydrogen-bond donors (Lipinski definition) is 1. The van der Waals surface area contributed by atoms with E-state index in [4.69, 9.17) is 0 Å². The molecule has 0 bridgehead atoms. The highest BCUT2D eigenvalue weighted by Crippen LogP contribution is 2.32. The summed E-state index contributed by atoms with van der Waals surface area (Å²) >= 11 is 0. The van der Waals surface area contributed by atoms with Crippen LogP contribution in [0.5, 0.6) is 5.75 Å². The van der Waals surface area contributed by atoms with Crippen LogP contribution in [0.1, 0.15) is 6.92 Å². The maximum absolute atomic E-state index is 13.0. The highest BCUT2D eigenvalue weighted by atomic mass is 32.2. The Morgan fingerprint density at radius 3 is 2.60 bits per heavy atom. The fraction of sp³-hybridized carbons (Fsp3) is 0.167. The maximum atomic E-state index is 13.0. The zero-order valence-corrected chi connectivity index (χ0v) is 14.7. The van der Waals surface area contributed by atoms with Gasteiger partial charge in [0.1, 0.15) is 5.69 Å². The van der Waals surface area contributed by atoms with Gasteiger partial charge in [0.25, 0.3) is 15.8 Å². The van der Waals surface area contributed by atoms with Gasteiger partial charge in [0, 0.05) is 31.6 Å². The second-order valence-corrected chi connectivity index (χ2v) is 7.48. The van der Waals surface area contributed by atoms with Crippen LogP contribution in [0, 0.1) is 0 Å². The average molecular weight is 359 g/mol. The smallest absolute Gasteiger partial charge is 0.279 e. The predicted molar refractivity (Wildman–Crippen MR) is 98.8 cm³/mol. The van der Waals surface area contributed by atoms with Crippen molar-refractivity contribution in [3.05, 3.63) is 65.0 Å². The van der Waals surface area contributed by atoms with Gasteiger partial charge in [0.05, 0.1) is 4.90 Å². The molecule has 7 heteroatoms. The van der Waals surface area contributed by atoms with Crippen LogP contribution in [-0.2, 0) is 10.0 Å². The molecule has 0 fully saturated rings. The fourth-order valence-electron chi connectivity index (χ4n) is 2.61. The van der Waals surface area contributed by atoms with Gasteiger partial charge < -0.3 is 9.72 Å². The largest absolute Gasteiger partial charge is 0.581 e. The number of aromatic amines is 1. The normalized spacial score (nSPS) is 11.4. The molecule has 1 heterocycles. The van der Waals surface area contributed by atoms with Crippen molar-refractivity contribution in [3.63, 3.8) is 0 Å². The minimum absolute atomic E-state index is 0.154. The molecule has 1 aromatic heterocycles. The lowest BCUT2D eigenvalue weighted by molar-refractivity contribution is 0.0828. The molecule has 0 radical (unpaired) electrons. The molecular formula is C18H19N2O4S+. The van der Waals surface area contributed by atoms with E-state index in [1.165, 1.54) is 23.5 Å². The van der Waals surface area contributed by atoms with Crippen molar-refractivity contribution in [1.82, 2.24) is 4.98 Å². The number of sulfonamides is 1. The Morgan fingerprint density at radius 2 is 1.84 bits per heavy atom. The molecule has 25 heavy (non-hydrogen) atoms. The van der Waals surface area contributed by atoms with Crippen molar-refractivity contribution in [1.29, 1.82) is 0 Å². The fourth-order valence-corrected chi connectivity index (χ4v) is 3.86. The van der Waals surface area contributed by atoms with E-state index in [0.29, 0.717) is 28.9 Å². The van der Waals surface area contributed by atoms with E-state index >= 15 is 0 Å². The number of aromatic hydroxyl groups is 1. The van der Waals surface area contributed by atoms with Gasteiger partial charge in [-0.1, -0.05) is 12.1 Å². The van der Waals surface area contributed by atoms with E-state index in [2.05, 4.69) is 9.72 Å². The summed E-state index contributed by atoms with van der Waals surface area (Å²) in [6, 6.07) is 14.7. The average Bonchev–Trinajstić information content (AvgIpc) is 2.61. The SMILES string of the molecule is CC[OH+]c1ccccc1N(C)S(=O)(=O)c1ccc2[nH]c(=O)ccc2c1. The maximum Gasteiger partial charge on any atom is 0.279 e. The highest BCUT2D eigenvalue weighted by Gasteiger charge is 2.25. The monoisotopic (exact) mass is 359 g/mol. The van der Waals surface area contributed by atoms with Crippen LogP contribution >= 0.6 is 0 Å².